The predicted molar refractivity (Wildman–Crippen MR) is 123 cm³/mol. The fourth-order valence-electron chi connectivity index (χ4n) is 3.70. The number of amides is 1. The Morgan fingerprint density at radius 1 is 1.29 bits per heavy atom. The van der Waals surface area contributed by atoms with Crippen LogP contribution in [0.1, 0.15) is 52.4 Å². The summed E-state index contributed by atoms with van der Waals surface area (Å²) in [5, 5.41) is 9.88. The molecule has 1 saturated carbocycles. The number of ether oxygens (including phenoxy) is 2. The molecule has 164 valence electrons. The first-order valence-electron chi connectivity index (χ1n) is 10.5. The molecule has 3 atom stereocenters. The number of halogens is 1. The van der Waals surface area contributed by atoms with E-state index in [1.807, 2.05) is 13.8 Å². The van der Waals surface area contributed by atoms with Gasteiger partial charge in [0, 0.05) is 50.7 Å². The van der Waals surface area contributed by atoms with Crippen molar-refractivity contribution in [2.75, 3.05) is 40.0 Å². The number of hydrogen-bond acceptors (Lipinski definition) is 4. The molecule has 1 aliphatic carbocycles. The van der Waals surface area contributed by atoms with E-state index in [9.17, 15) is 4.79 Å². The van der Waals surface area contributed by atoms with Crippen LogP contribution in [0.2, 0.25) is 0 Å². The molecular formula is C20H39IN4O3. The molecule has 7 nitrogen and oxygen atoms in total. The molecule has 2 fully saturated rings. The van der Waals surface area contributed by atoms with Gasteiger partial charge in [-0.15, -0.1) is 24.0 Å². The fourth-order valence-corrected chi connectivity index (χ4v) is 3.70. The molecule has 2 aliphatic rings. The third-order valence-corrected chi connectivity index (χ3v) is 5.18. The molecule has 1 saturated heterocycles. The van der Waals surface area contributed by atoms with Crippen LogP contribution in [0.3, 0.4) is 0 Å². The molecule has 0 aromatic heterocycles. The summed E-state index contributed by atoms with van der Waals surface area (Å²) in [4.78, 5) is 16.6. The van der Waals surface area contributed by atoms with E-state index >= 15 is 0 Å². The van der Waals surface area contributed by atoms with Crippen molar-refractivity contribution >= 4 is 35.8 Å². The number of hydrogen-bond donors (Lipinski definition) is 3. The van der Waals surface area contributed by atoms with Gasteiger partial charge in [-0.3, -0.25) is 9.79 Å². The van der Waals surface area contributed by atoms with Crippen LogP contribution in [-0.2, 0) is 14.3 Å². The number of rotatable bonds is 9. The Kier molecular flexibility index (Phi) is 13.1. The van der Waals surface area contributed by atoms with Gasteiger partial charge in [-0.05, 0) is 46.0 Å². The number of guanidine groups is 1. The summed E-state index contributed by atoms with van der Waals surface area (Å²) in [6.07, 6.45) is 6.06. The van der Waals surface area contributed by atoms with Gasteiger partial charge in [0.2, 0.25) is 5.91 Å². The average molecular weight is 510 g/mol. The second-order valence-corrected chi connectivity index (χ2v) is 8.03. The smallest absolute Gasteiger partial charge is 0.223 e. The lowest BCUT2D eigenvalue weighted by Crippen LogP contribution is -2.47. The van der Waals surface area contributed by atoms with Crippen LogP contribution in [0.25, 0.3) is 0 Å². The topological polar surface area (TPSA) is 84.0 Å². The minimum atomic E-state index is 0. The predicted octanol–water partition coefficient (Wildman–Crippen LogP) is 2.30. The van der Waals surface area contributed by atoms with E-state index in [-0.39, 0.29) is 41.8 Å². The summed E-state index contributed by atoms with van der Waals surface area (Å²) in [5.74, 6) is 1.67. The third-order valence-electron chi connectivity index (χ3n) is 5.18. The van der Waals surface area contributed by atoms with Gasteiger partial charge in [0.25, 0.3) is 0 Å². The molecule has 1 aliphatic heterocycles. The Morgan fingerprint density at radius 3 is 2.79 bits per heavy atom. The number of nitrogens with one attached hydrogen (secondary N) is 3. The maximum absolute atomic E-state index is 12.3. The molecule has 0 radical (unpaired) electrons. The summed E-state index contributed by atoms with van der Waals surface area (Å²) in [6.45, 7) is 8.10. The molecule has 3 unspecified atom stereocenters. The van der Waals surface area contributed by atoms with Crippen molar-refractivity contribution in [2.24, 2.45) is 16.8 Å². The van der Waals surface area contributed by atoms with Crippen LogP contribution in [0.4, 0.5) is 0 Å². The SMILES string of the molecule is CN=C(NCCCOCC1CCOC1)NC1CCCC(C(=O)NC(C)C)C1.I. The lowest BCUT2D eigenvalue weighted by Gasteiger charge is -2.30. The van der Waals surface area contributed by atoms with Crippen molar-refractivity contribution in [1.29, 1.82) is 0 Å². The highest BCUT2D eigenvalue weighted by Crippen LogP contribution is 2.24. The van der Waals surface area contributed by atoms with E-state index < -0.39 is 0 Å². The van der Waals surface area contributed by atoms with Crippen molar-refractivity contribution in [3.05, 3.63) is 0 Å². The van der Waals surface area contributed by atoms with Crippen molar-refractivity contribution < 1.29 is 14.3 Å². The summed E-state index contributed by atoms with van der Waals surface area (Å²) in [5.41, 5.74) is 0. The molecule has 8 heteroatoms. The van der Waals surface area contributed by atoms with Gasteiger partial charge >= 0.3 is 0 Å². The molecular weight excluding hydrogens is 471 g/mol. The zero-order valence-corrected chi connectivity index (χ0v) is 20.0. The summed E-state index contributed by atoms with van der Waals surface area (Å²) >= 11 is 0. The van der Waals surface area contributed by atoms with Gasteiger partial charge in [0.05, 0.1) is 13.2 Å². The van der Waals surface area contributed by atoms with E-state index in [1.54, 1.807) is 7.05 Å². The fraction of sp³-hybridized carbons (Fsp3) is 0.900. The highest BCUT2D eigenvalue weighted by Gasteiger charge is 2.27. The lowest BCUT2D eigenvalue weighted by atomic mass is 9.85. The van der Waals surface area contributed by atoms with Gasteiger partial charge < -0.3 is 25.4 Å². The van der Waals surface area contributed by atoms with Gasteiger partial charge in [-0.2, -0.15) is 0 Å². The minimum Gasteiger partial charge on any atom is -0.381 e. The number of nitrogens with zero attached hydrogens (tertiary/aromatic N) is 1. The molecule has 0 aromatic carbocycles. The van der Waals surface area contributed by atoms with Crippen molar-refractivity contribution in [3.8, 4) is 0 Å². The first-order chi connectivity index (χ1) is 13.1. The molecule has 0 aromatic rings. The number of aliphatic imine (C=N–C) groups is 1. The summed E-state index contributed by atoms with van der Waals surface area (Å²) < 4.78 is 11.1. The van der Waals surface area contributed by atoms with Crippen LogP contribution >= 0.6 is 24.0 Å². The number of carbonyl (C=O) groups excluding carboxylic acids is 1. The normalized spacial score (nSPS) is 25.3. The maximum atomic E-state index is 12.3. The molecule has 0 bridgehead atoms. The van der Waals surface area contributed by atoms with E-state index in [0.717, 1.165) is 77.5 Å². The minimum absolute atomic E-state index is 0. The molecule has 1 heterocycles. The van der Waals surface area contributed by atoms with E-state index in [0.29, 0.717) is 12.0 Å². The van der Waals surface area contributed by atoms with Crippen LogP contribution < -0.4 is 16.0 Å². The lowest BCUT2D eigenvalue weighted by molar-refractivity contribution is -0.126. The molecule has 0 spiro atoms. The van der Waals surface area contributed by atoms with Gasteiger partial charge in [0.15, 0.2) is 5.96 Å². The first-order valence-corrected chi connectivity index (χ1v) is 10.5. The van der Waals surface area contributed by atoms with Gasteiger partial charge in [0.1, 0.15) is 0 Å². The average Bonchev–Trinajstić information content (AvgIpc) is 3.16. The van der Waals surface area contributed by atoms with E-state index in [1.165, 1.54) is 0 Å². The number of carbonyl (C=O) groups is 1. The Morgan fingerprint density at radius 2 is 2.11 bits per heavy atom. The second-order valence-electron chi connectivity index (χ2n) is 8.03. The largest absolute Gasteiger partial charge is 0.381 e. The van der Waals surface area contributed by atoms with Gasteiger partial charge in [-0.25, -0.2) is 0 Å². The van der Waals surface area contributed by atoms with Crippen molar-refractivity contribution in [1.82, 2.24) is 16.0 Å². The molecule has 3 N–H and O–H groups in total. The van der Waals surface area contributed by atoms with Crippen LogP contribution in [0.5, 0.6) is 0 Å². The second kappa shape index (κ2) is 14.4. The first kappa shape index (κ1) is 25.4. The standard InChI is InChI=1S/C20H38N4O3.HI/c1-15(2)23-19(25)17-6-4-7-18(12-17)24-20(21-3)22-9-5-10-26-13-16-8-11-27-14-16;/h15-18H,4-14H2,1-3H3,(H,23,25)(H2,21,22,24);1H. The van der Waals surface area contributed by atoms with Crippen molar-refractivity contribution in [2.45, 2.75) is 64.5 Å². The molecule has 1 amide bonds. The van der Waals surface area contributed by atoms with Crippen molar-refractivity contribution in [3.63, 3.8) is 0 Å². The zero-order chi connectivity index (χ0) is 19.5. The monoisotopic (exact) mass is 510 g/mol. The van der Waals surface area contributed by atoms with Crippen LogP contribution in [0, 0.1) is 11.8 Å². The van der Waals surface area contributed by atoms with Gasteiger partial charge in [-0.1, -0.05) is 6.42 Å². The Hall–Kier alpha value is -0.610. The highest BCUT2D eigenvalue weighted by molar-refractivity contribution is 14.0. The molecule has 2 rings (SSSR count). The maximum Gasteiger partial charge on any atom is 0.223 e. The summed E-state index contributed by atoms with van der Waals surface area (Å²) in [6, 6.07) is 0.496. The Bertz CT molecular complexity index is 470. The molecule has 28 heavy (non-hydrogen) atoms. The van der Waals surface area contributed by atoms with Crippen LogP contribution in [-0.4, -0.2) is 64.0 Å². The highest BCUT2D eigenvalue weighted by atomic mass is 127. The van der Waals surface area contributed by atoms with Crippen LogP contribution in [0.15, 0.2) is 4.99 Å². The zero-order valence-electron chi connectivity index (χ0n) is 17.7. The third kappa shape index (κ3) is 9.73. The van der Waals surface area contributed by atoms with E-state index in [4.69, 9.17) is 9.47 Å². The summed E-state index contributed by atoms with van der Waals surface area (Å²) in [7, 11) is 1.79. The van der Waals surface area contributed by atoms with E-state index in [2.05, 4.69) is 20.9 Å². The quantitative estimate of drug-likeness (QED) is 0.192. The Balaban J connectivity index is 0.00000392. The Labute approximate surface area is 187 Å².